The zero-order chi connectivity index (χ0) is 25.9. The molecule has 0 bridgehead atoms. The third-order valence-electron chi connectivity index (χ3n) is 6.78. The first-order valence-electron chi connectivity index (χ1n) is 12.1. The predicted molar refractivity (Wildman–Crippen MR) is 141 cm³/mol. The van der Waals surface area contributed by atoms with Gasteiger partial charge in [0.2, 0.25) is 0 Å². The number of para-hydroxylation sites is 1. The number of rotatable bonds is 6. The fourth-order valence-corrected chi connectivity index (χ4v) is 4.87. The molecule has 5 rings (SSSR count). The highest BCUT2D eigenvalue weighted by molar-refractivity contribution is 6.04. The Morgan fingerprint density at radius 1 is 1.14 bits per heavy atom. The molecule has 37 heavy (non-hydrogen) atoms. The number of methoxy groups -OCH3 is 2. The van der Waals surface area contributed by atoms with Crippen molar-refractivity contribution in [3.8, 4) is 28.0 Å². The number of amides is 2. The SMILES string of the molecule is COC(=O)Nc1ccc(-c2cnc3[nH]cc(-c4ccccc4OC)c3c2)cc1C(=O)N1CCC[C@@H]1CO. The number of ether oxygens (including phenoxy) is 2. The van der Waals surface area contributed by atoms with E-state index in [2.05, 4.69) is 15.3 Å². The van der Waals surface area contributed by atoms with E-state index in [1.807, 2.05) is 42.6 Å². The van der Waals surface area contributed by atoms with Crippen molar-refractivity contribution in [3.05, 3.63) is 66.5 Å². The number of H-pyrrole nitrogens is 1. The summed E-state index contributed by atoms with van der Waals surface area (Å²) in [4.78, 5) is 35.0. The number of nitrogens with one attached hydrogen (secondary N) is 2. The molecule has 9 heteroatoms. The average molecular weight is 501 g/mol. The molecule has 190 valence electrons. The number of hydrogen-bond acceptors (Lipinski definition) is 6. The number of anilines is 1. The monoisotopic (exact) mass is 500 g/mol. The van der Waals surface area contributed by atoms with Crippen LogP contribution in [0.15, 0.2) is 60.9 Å². The van der Waals surface area contributed by atoms with Gasteiger partial charge in [0.05, 0.1) is 38.1 Å². The van der Waals surface area contributed by atoms with Crippen LogP contribution in [0.1, 0.15) is 23.2 Å². The number of aromatic nitrogens is 2. The number of aromatic amines is 1. The molecule has 0 radical (unpaired) electrons. The van der Waals surface area contributed by atoms with E-state index in [0.717, 1.165) is 51.9 Å². The van der Waals surface area contributed by atoms with E-state index in [4.69, 9.17) is 9.47 Å². The molecular weight excluding hydrogens is 472 g/mol. The fraction of sp³-hybridized carbons (Fsp3) is 0.250. The van der Waals surface area contributed by atoms with Gasteiger partial charge in [-0.1, -0.05) is 24.3 Å². The van der Waals surface area contributed by atoms with Crippen molar-refractivity contribution in [1.29, 1.82) is 0 Å². The number of aliphatic hydroxyl groups excluding tert-OH is 1. The first-order valence-corrected chi connectivity index (χ1v) is 12.1. The zero-order valence-corrected chi connectivity index (χ0v) is 20.7. The molecule has 1 aliphatic heterocycles. The van der Waals surface area contributed by atoms with Crippen molar-refractivity contribution in [2.75, 3.05) is 32.7 Å². The lowest BCUT2D eigenvalue weighted by molar-refractivity contribution is 0.0678. The van der Waals surface area contributed by atoms with Gasteiger partial charge in [-0.2, -0.15) is 0 Å². The summed E-state index contributed by atoms with van der Waals surface area (Å²) in [7, 11) is 2.91. The van der Waals surface area contributed by atoms with Gasteiger partial charge in [0, 0.05) is 41.0 Å². The van der Waals surface area contributed by atoms with Crippen LogP contribution in [0, 0.1) is 0 Å². The van der Waals surface area contributed by atoms with E-state index < -0.39 is 6.09 Å². The molecule has 0 saturated carbocycles. The molecule has 1 aliphatic rings. The van der Waals surface area contributed by atoms with Crippen molar-refractivity contribution in [2.24, 2.45) is 0 Å². The van der Waals surface area contributed by atoms with E-state index in [0.29, 0.717) is 17.8 Å². The summed E-state index contributed by atoms with van der Waals surface area (Å²) in [5.74, 6) is 0.499. The standard InChI is InChI=1S/C28H28N4O5/c1-36-25-8-4-3-7-20(25)23-15-30-26-21(23)13-18(14-29-26)17-9-10-24(31-28(35)37-2)22(12-17)27(34)32-11-5-6-19(32)16-33/h3-4,7-10,12-15,19,33H,5-6,11,16H2,1-2H3,(H,29,30)(H,31,35)/t19-/m1/s1. The highest BCUT2D eigenvalue weighted by atomic mass is 16.5. The van der Waals surface area contributed by atoms with Gasteiger partial charge in [0.15, 0.2) is 0 Å². The van der Waals surface area contributed by atoms with E-state index in [1.165, 1.54) is 7.11 Å². The molecular formula is C28H28N4O5. The number of pyridine rings is 1. The number of likely N-dealkylation sites (tertiary alicyclic amines) is 1. The molecule has 0 aliphatic carbocycles. The van der Waals surface area contributed by atoms with Crippen molar-refractivity contribution in [2.45, 2.75) is 18.9 Å². The second kappa shape index (κ2) is 10.3. The van der Waals surface area contributed by atoms with E-state index in [9.17, 15) is 14.7 Å². The Balaban J connectivity index is 1.59. The number of fused-ring (bicyclic) bond motifs is 1. The lowest BCUT2D eigenvalue weighted by Crippen LogP contribution is -2.38. The molecule has 0 unspecified atom stereocenters. The van der Waals surface area contributed by atoms with E-state index in [-0.39, 0.29) is 18.6 Å². The van der Waals surface area contributed by atoms with Gasteiger partial charge in [-0.05, 0) is 42.7 Å². The molecule has 4 aromatic rings. The van der Waals surface area contributed by atoms with Crippen LogP contribution >= 0.6 is 0 Å². The van der Waals surface area contributed by atoms with Gasteiger partial charge in [-0.15, -0.1) is 0 Å². The summed E-state index contributed by atoms with van der Waals surface area (Å²) in [6, 6.07) is 14.8. The minimum atomic E-state index is -0.668. The minimum absolute atomic E-state index is 0.106. The Bertz CT molecular complexity index is 1460. The van der Waals surface area contributed by atoms with Gasteiger partial charge in [-0.25, -0.2) is 9.78 Å². The normalized spacial score (nSPS) is 15.1. The smallest absolute Gasteiger partial charge is 0.411 e. The van der Waals surface area contributed by atoms with Crippen LogP contribution in [-0.2, 0) is 4.74 Å². The Kier molecular flexibility index (Phi) is 6.78. The molecule has 1 fully saturated rings. The number of carbonyl (C=O) groups excluding carboxylic acids is 2. The van der Waals surface area contributed by atoms with Crippen molar-refractivity contribution in [3.63, 3.8) is 0 Å². The van der Waals surface area contributed by atoms with Crippen LogP contribution in [-0.4, -0.2) is 65.4 Å². The van der Waals surface area contributed by atoms with Crippen LogP contribution in [0.2, 0.25) is 0 Å². The number of benzene rings is 2. The summed E-state index contributed by atoms with van der Waals surface area (Å²) in [6.07, 6.45) is 4.53. The molecule has 3 heterocycles. The second-order valence-electron chi connectivity index (χ2n) is 8.88. The van der Waals surface area contributed by atoms with E-state index in [1.54, 1.807) is 30.3 Å². The molecule has 2 amide bonds. The first kappa shape index (κ1) is 24.3. The number of aliphatic hydroxyl groups is 1. The first-order chi connectivity index (χ1) is 18.0. The highest BCUT2D eigenvalue weighted by Gasteiger charge is 2.30. The van der Waals surface area contributed by atoms with Crippen LogP contribution < -0.4 is 10.1 Å². The molecule has 2 aromatic heterocycles. The molecule has 1 saturated heterocycles. The van der Waals surface area contributed by atoms with Crippen LogP contribution in [0.3, 0.4) is 0 Å². The van der Waals surface area contributed by atoms with Crippen molar-refractivity contribution in [1.82, 2.24) is 14.9 Å². The van der Waals surface area contributed by atoms with Crippen LogP contribution in [0.5, 0.6) is 5.75 Å². The van der Waals surface area contributed by atoms with Crippen molar-refractivity contribution >= 4 is 28.7 Å². The number of nitrogens with zero attached hydrogens (tertiary/aromatic N) is 2. The molecule has 1 atom stereocenters. The maximum atomic E-state index is 13.6. The van der Waals surface area contributed by atoms with Gasteiger partial charge in [0.25, 0.3) is 5.91 Å². The maximum Gasteiger partial charge on any atom is 0.411 e. The number of hydrogen-bond donors (Lipinski definition) is 3. The van der Waals surface area contributed by atoms with Crippen LogP contribution in [0.4, 0.5) is 10.5 Å². The minimum Gasteiger partial charge on any atom is -0.496 e. The van der Waals surface area contributed by atoms with Gasteiger partial charge in [-0.3, -0.25) is 10.1 Å². The maximum absolute atomic E-state index is 13.6. The fourth-order valence-electron chi connectivity index (χ4n) is 4.87. The number of carbonyl (C=O) groups is 2. The molecule has 3 N–H and O–H groups in total. The highest BCUT2D eigenvalue weighted by Crippen LogP contribution is 2.36. The Morgan fingerprint density at radius 3 is 2.76 bits per heavy atom. The molecule has 2 aromatic carbocycles. The summed E-state index contributed by atoms with van der Waals surface area (Å²) in [6.45, 7) is 0.441. The Labute approximate surface area is 214 Å². The lowest BCUT2D eigenvalue weighted by atomic mass is 9.99. The quantitative estimate of drug-likeness (QED) is 0.354. The van der Waals surface area contributed by atoms with Gasteiger partial charge in [0.1, 0.15) is 11.4 Å². The topological polar surface area (TPSA) is 117 Å². The van der Waals surface area contributed by atoms with Gasteiger partial charge >= 0.3 is 6.09 Å². The summed E-state index contributed by atoms with van der Waals surface area (Å²) in [5, 5.41) is 13.3. The molecule has 9 nitrogen and oxygen atoms in total. The third-order valence-corrected chi connectivity index (χ3v) is 6.78. The Hall–Kier alpha value is -4.37. The zero-order valence-electron chi connectivity index (χ0n) is 20.7. The van der Waals surface area contributed by atoms with Gasteiger partial charge < -0.3 is 24.5 Å². The van der Waals surface area contributed by atoms with Crippen LogP contribution in [0.25, 0.3) is 33.3 Å². The summed E-state index contributed by atoms with van der Waals surface area (Å²) < 4.78 is 10.3. The third kappa shape index (κ3) is 4.61. The second-order valence-corrected chi connectivity index (χ2v) is 8.88. The average Bonchev–Trinajstić information content (AvgIpc) is 3.59. The predicted octanol–water partition coefficient (Wildman–Crippen LogP) is 4.68. The largest absolute Gasteiger partial charge is 0.496 e. The Morgan fingerprint density at radius 2 is 1.97 bits per heavy atom. The van der Waals surface area contributed by atoms with E-state index >= 15 is 0 Å². The summed E-state index contributed by atoms with van der Waals surface area (Å²) >= 11 is 0. The summed E-state index contributed by atoms with van der Waals surface area (Å²) in [5.41, 5.74) is 4.85. The molecule has 0 spiro atoms. The lowest BCUT2D eigenvalue weighted by Gasteiger charge is -2.24. The van der Waals surface area contributed by atoms with Crippen molar-refractivity contribution < 1.29 is 24.2 Å².